The number of rotatable bonds is 8. The molecule has 0 aromatic heterocycles. The molecule has 0 amide bonds. The van der Waals surface area contributed by atoms with Crippen LogP contribution in [0.15, 0.2) is 51.3 Å². The normalized spacial score (nSPS) is 15.1. The van der Waals surface area contributed by atoms with Crippen molar-refractivity contribution >= 4 is 59.3 Å². The number of anilines is 2. The Morgan fingerprint density at radius 2 is 1.67 bits per heavy atom. The maximum Gasteiger partial charge on any atom is 0.397 e. The molecule has 0 bridgehead atoms. The second-order valence-corrected chi connectivity index (χ2v) is 11.6. The molecule has 2 aromatic rings. The van der Waals surface area contributed by atoms with Crippen LogP contribution in [0.5, 0.6) is 5.75 Å². The Labute approximate surface area is 215 Å². The number of nitrogens with zero attached hydrogens (tertiary/aromatic N) is 1. The molecule has 0 heterocycles. The Hall–Kier alpha value is -2.83. The molecule has 0 spiro atoms. The predicted molar refractivity (Wildman–Crippen MR) is 123 cm³/mol. The number of nitrogen functional groups attached to an aromatic ring is 1. The van der Waals surface area contributed by atoms with E-state index >= 15 is 0 Å². The Balaban J connectivity index is 0.00000456. The van der Waals surface area contributed by atoms with E-state index in [1.165, 1.54) is 18.2 Å². The molecule has 0 aliphatic heterocycles. The van der Waals surface area contributed by atoms with E-state index in [4.69, 9.17) is 10.3 Å². The van der Waals surface area contributed by atoms with Crippen molar-refractivity contribution in [2.45, 2.75) is 4.90 Å². The first-order valence-corrected chi connectivity index (χ1v) is 13.7. The summed E-state index contributed by atoms with van der Waals surface area (Å²) in [5, 5.41) is 13.9. The number of phenolic OH excluding ortho intramolecular Hbond substituents is 1. The van der Waals surface area contributed by atoms with Crippen molar-refractivity contribution in [2.24, 2.45) is 5.10 Å². The molecule has 3 rings (SSSR count). The Bertz CT molecular complexity index is 1600. The van der Waals surface area contributed by atoms with E-state index in [1.54, 1.807) is 0 Å². The number of Topliss-reactive ketones (excluding diaryl/α,β-unsaturated/α-hetero) is 1. The summed E-state index contributed by atoms with van der Waals surface area (Å²) in [6.45, 7) is -0.879. The molecule has 1 aliphatic rings. The van der Waals surface area contributed by atoms with Gasteiger partial charge in [0.1, 0.15) is 10.7 Å². The number of hydrogen-bond acceptors (Lipinski definition) is 12. The summed E-state index contributed by atoms with van der Waals surface area (Å²) in [5.74, 6) is -2.40. The predicted octanol–water partition coefficient (Wildman–Crippen LogP) is 0.458. The zero-order valence-corrected chi connectivity index (χ0v) is 21.0. The molecule has 18 heteroatoms. The van der Waals surface area contributed by atoms with Crippen molar-refractivity contribution < 1.29 is 65.5 Å². The number of hydrogen-bond donors (Lipinski definition) is 5. The van der Waals surface area contributed by atoms with Crippen molar-refractivity contribution in [3.05, 3.63) is 52.4 Å². The van der Waals surface area contributed by atoms with Crippen LogP contribution in [-0.2, 0) is 51.6 Å². The number of nitrogens with two attached hydrogens (primary N) is 1. The van der Waals surface area contributed by atoms with Crippen LogP contribution in [0, 0.1) is 0 Å². The number of benzene rings is 2. The molecular weight excluding hydrogens is 594 g/mol. The van der Waals surface area contributed by atoms with Crippen LogP contribution >= 0.6 is 0 Å². The van der Waals surface area contributed by atoms with Crippen LogP contribution in [0.2, 0.25) is 0 Å². The van der Waals surface area contributed by atoms with E-state index in [9.17, 15) is 39.7 Å². The number of hydrazone groups is 1. The van der Waals surface area contributed by atoms with Gasteiger partial charge in [-0.25, -0.2) is 12.6 Å². The van der Waals surface area contributed by atoms with Gasteiger partial charge in [-0.1, -0.05) is 0 Å². The third-order valence-corrected chi connectivity index (χ3v) is 7.54. The van der Waals surface area contributed by atoms with Crippen LogP contribution < -0.4 is 11.2 Å². The number of ketones is 1. The topological polar surface area (TPSA) is 240 Å². The van der Waals surface area contributed by atoms with Crippen LogP contribution in [-0.4, -0.2) is 63.3 Å². The van der Waals surface area contributed by atoms with Gasteiger partial charge in [0.05, 0.1) is 22.9 Å². The molecule has 0 saturated carbocycles. The number of sulfone groups is 1. The minimum Gasteiger partial charge on any atom is -0.506 e. The molecular formula is C18H17CuN3O11S3. The van der Waals surface area contributed by atoms with Crippen LogP contribution in [0.3, 0.4) is 0 Å². The number of aromatic hydroxyl groups is 1. The van der Waals surface area contributed by atoms with E-state index < -0.39 is 69.8 Å². The van der Waals surface area contributed by atoms with Gasteiger partial charge < -0.3 is 10.8 Å². The van der Waals surface area contributed by atoms with E-state index in [-0.39, 0.29) is 39.6 Å². The van der Waals surface area contributed by atoms with Crippen molar-refractivity contribution in [1.29, 1.82) is 0 Å². The van der Waals surface area contributed by atoms with Crippen LogP contribution in [0.1, 0.15) is 15.9 Å². The molecule has 2 aromatic carbocycles. The average molecular weight is 611 g/mol. The molecule has 0 saturated heterocycles. The van der Waals surface area contributed by atoms with E-state index in [2.05, 4.69) is 14.7 Å². The van der Waals surface area contributed by atoms with Crippen molar-refractivity contribution in [2.75, 3.05) is 23.5 Å². The third-order valence-electron chi connectivity index (χ3n) is 4.53. The quantitative estimate of drug-likeness (QED) is 0.0898. The smallest absolute Gasteiger partial charge is 0.397 e. The molecule has 0 unspecified atom stereocenters. The average Bonchev–Trinajstić information content (AvgIpc) is 2.71. The molecule has 0 fully saturated rings. The number of carbonyl (C=O) groups is 1. The van der Waals surface area contributed by atoms with Crippen molar-refractivity contribution in [1.82, 2.24) is 0 Å². The fourth-order valence-corrected chi connectivity index (χ4v) is 5.10. The summed E-state index contributed by atoms with van der Waals surface area (Å²) in [4.78, 5) is 11.5. The molecule has 199 valence electrons. The van der Waals surface area contributed by atoms with Gasteiger partial charge >= 0.3 is 10.4 Å². The van der Waals surface area contributed by atoms with E-state index in [1.807, 2.05) is 0 Å². The van der Waals surface area contributed by atoms with Crippen molar-refractivity contribution in [3.63, 3.8) is 0 Å². The zero-order valence-electron chi connectivity index (χ0n) is 17.6. The van der Waals surface area contributed by atoms with Gasteiger partial charge in [0.15, 0.2) is 15.5 Å². The standard InChI is InChI=1S/C18H17N3O11S3.Cu/c19-11-1-3-13-10(7-11)8-16(34(26,27)28)17(18(13)23)21-20-14-4-2-12(9-15(14)22)33(24,25)6-5-32-35(29,30)31;/h1-4,7-9,20,22H,5-6,19H2,(H,26,27,28)(H,29,30,31);. The number of fused-ring (bicyclic) bond motifs is 1. The summed E-state index contributed by atoms with van der Waals surface area (Å²) in [6.07, 6.45) is 0.993. The summed E-state index contributed by atoms with van der Waals surface area (Å²) in [6, 6.07) is 6.89. The minimum absolute atomic E-state index is 0. The fourth-order valence-electron chi connectivity index (χ4n) is 2.94. The van der Waals surface area contributed by atoms with Gasteiger partial charge in [-0.15, -0.1) is 0 Å². The maximum atomic E-state index is 12.8. The van der Waals surface area contributed by atoms with Gasteiger partial charge in [-0.3, -0.25) is 19.3 Å². The molecule has 1 aliphatic carbocycles. The van der Waals surface area contributed by atoms with E-state index in [0.717, 1.165) is 24.3 Å². The number of carbonyl (C=O) groups excluding carboxylic acids is 1. The van der Waals surface area contributed by atoms with Gasteiger partial charge in [-0.2, -0.15) is 21.9 Å². The number of phenols is 1. The first-order valence-electron chi connectivity index (χ1n) is 9.23. The molecule has 6 N–H and O–H groups in total. The first kappa shape index (κ1) is 29.4. The van der Waals surface area contributed by atoms with Gasteiger partial charge in [0.25, 0.3) is 10.1 Å². The Morgan fingerprint density at radius 3 is 2.25 bits per heavy atom. The van der Waals surface area contributed by atoms with Crippen LogP contribution in [0.4, 0.5) is 11.4 Å². The summed E-state index contributed by atoms with van der Waals surface area (Å²) >= 11 is 0. The second kappa shape index (κ2) is 10.7. The first-order chi connectivity index (χ1) is 16.1. The minimum atomic E-state index is -4.91. The molecule has 36 heavy (non-hydrogen) atoms. The second-order valence-electron chi connectivity index (χ2n) is 6.98. The van der Waals surface area contributed by atoms with Gasteiger partial charge in [0.2, 0.25) is 5.78 Å². The molecule has 1 radical (unpaired) electrons. The Kier molecular flexibility index (Phi) is 8.70. The van der Waals surface area contributed by atoms with Gasteiger partial charge in [0, 0.05) is 34.4 Å². The fraction of sp³-hybridized carbons (Fsp3) is 0.111. The summed E-state index contributed by atoms with van der Waals surface area (Å²) < 4.78 is 91.3. The monoisotopic (exact) mass is 610 g/mol. The number of nitrogens with one attached hydrogen (secondary N) is 1. The molecule has 14 nitrogen and oxygen atoms in total. The summed E-state index contributed by atoms with van der Waals surface area (Å²) in [5.41, 5.74) is 7.37. The third kappa shape index (κ3) is 6.89. The van der Waals surface area contributed by atoms with Gasteiger partial charge in [-0.05, 0) is 42.0 Å². The molecule has 0 atom stereocenters. The largest absolute Gasteiger partial charge is 0.506 e. The Morgan fingerprint density at radius 1 is 1.00 bits per heavy atom. The van der Waals surface area contributed by atoms with Crippen molar-refractivity contribution in [3.8, 4) is 5.75 Å². The SMILES string of the molecule is Nc1ccc2c(c1)C=C(S(=O)(=O)O)C(=NNc1ccc(S(=O)(=O)CCOS(=O)(=O)O)cc1O)C2=O.[Cu]. The van der Waals surface area contributed by atoms with E-state index in [0.29, 0.717) is 0 Å². The summed E-state index contributed by atoms with van der Waals surface area (Å²) in [7, 11) is -13.9. The van der Waals surface area contributed by atoms with Crippen LogP contribution in [0.25, 0.3) is 6.08 Å². The number of allylic oxidation sites excluding steroid dienone is 1. The maximum absolute atomic E-state index is 12.8. The zero-order chi connectivity index (χ0) is 26.2.